The van der Waals surface area contributed by atoms with Crippen LogP contribution in [0.2, 0.25) is 0 Å². The zero-order chi connectivity index (χ0) is 18.7. The van der Waals surface area contributed by atoms with Crippen LogP contribution < -0.4 is 4.74 Å². The molecule has 1 fully saturated rings. The van der Waals surface area contributed by atoms with Crippen molar-refractivity contribution in [2.75, 3.05) is 26.5 Å². The number of pyridine rings is 2. The molecule has 0 aliphatic carbocycles. The molecule has 0 radical (unpaired) electrons. The number of methoxy groups -OCH3 is 1. The average molecular weight is 376 g/mol. The maximum atomic E-state index is 12.5. The summed E-state index contributed by atoms with van der Waals surface area (Å²) in [7, 11) is -1.91. The van der Waals surface area contributed by atoms with Crippen molar-refractivity contribution in [1.29, 1.82) is 0 Å². The van der Waals surface area contributed by atoms with E-state index in [1.807, 2.05) is 6.07 Å². The monoisotopic (exact) mass is 376 g/mol. The van der Waals surface area contributed by atoms with E-state index in [4.69, 9.17) is 4.74 Å². The number of amides is 1. The van der Waals surface area contributed by atoms with Gasteiger partial charge < -0.3 is 9.64 Å². The zero-order valence-corrected chi connectivity index (χ0v) is 15.4. The minimum atomic E-state index is -3.42. The van der Waals surface area contributed by atoms with Gasteiger partial charge in [0.2, 0.25) is 15.9 Å². The topological polar surface area (TPSA) is 92.7 Å². The molecular weight excluding hydrogens is 356 g/mol. The molecule has 2 aromatic rings. The Labute approximate surface area is 152 Å². The molecular formula is C17H20N4O4S. The van der Waals surface area contributed by atoms with Crippen LogP contribution in [0.25, 0.3) is 0 Å². The highest BCUT2D eigenvalue weighted by Crippen LogP contribution is 2.22. The Kier molecular flexibility index (Phi) is 5.19. The van der Waals surface area contributed by atoms with Gasteiger partial charge in [0.25, 0.3) is 5.91 Å². The Morgan fingerprint density at radius 3 is 2.58 bits per heavy atom. The Bertz CT molecular complexity index is 865. The average Bonchev–Trinajstić information content (AvgIpc) is 2.59. The van der Waals surface area contributed by atoms with Crippen molar-refractivity contribution in [2.24, 2.45) is 0 Å². The van der Waals surface area contributed by atoms with Crippen LogP contribution in [0.15, 0.2) is 42.7 Å². The van der Waals surface area contributed by atoms with Gasteiger partial charge in [0.05, 0.1) is 37.2 Å². The summed E-state index contributed by atoms with van der Waals surface area (Å²) in [6, 6.07) is 8.37. The highest BCUT2D eigenvalue weighted by Gasteiger charge is 2.39. The third-order valence-corrected chi connectivity index (χ3v) is 5.50. The predicted octanol–water partition coefficient (Wildman–Crippen LogP) is 0.771. The molecule has 2 aromatic heterocycles. The molecule has 1 aliphatic rings. The van der Waals surface area contributed by atoms with E-state index in [1.165, 1.54) is 23.9 Å². The van der Waals surface area contributed by atoms with Crippen molar-refractivity contribution >= 4 is 15.9 Å². The van der Waals surface area contributed by atoms with E-state index in [0.717, 1.165) is 0 Å². The number of nitrogens with zero attached hydrogens (tertiary/aromatic N) is 4. The lowest BCUT2D eigenvalue weighted by Gasteiger charge is -2.44. The highest BCUT2D eigenvalue weighted by atomic mass is 32.2. The van der Waals surface area contributed by atoms with Crippen molar-refractivity contribution < 1.29 is 17.9 Å². The SMILES string of the molecule is COc1ccc(C(=O)N2CC(N(Cc3ccccn3)S(C)(=O)=O)C2)cn1. The van der Waals surface area contributed by atoms with Crippen LogP contribution in [-0.2, 0) is 16.6 Å². The molecule has 0 bridgehead atoms. The maximum absolute atomic E-state index is 12.5. The van der Waals surface area contributed by atoms with Gasteiger partial charge in [-0.05, 0) is 18.2 Å². The Hall–Kier alpha value is -2.52. The van der Waals surface area contributed by atoms with Crippen molar-refractivity contribution in [2.45, 2.75) is 12.6 Å². The molecule has 0 saturated carbocycles. The van der Waals surface area contributed by atoms with Crippen LogP contribution in [0.5, 0.6) is 5.88 Å². The fourth-order valence-electron chi connectivity index (χ4n) is 2.78. The van der Waals surface area contributed by atoms with Crippen LogP contribution >= 0.6 is 0 Å². The largest absolute Gasteiger partial charge is 0.481 e. The summed E-state index contributed by atoms with van der Waals surface area (Å²) in [5.41, 5.74) is 1.11. The number of rotatable bonds is 6. The van der Waals surface area contributed by atoms with Crippen LogP contribution in [0.4, 0.5) is 0 Å². The fourth-order valence-corrected chi connectivity index (χ4v) is 3.82. The number of likely N-dealkylation sites (tertiary alicyclic amines) is 1. The second kappa shape index (κ2) is 7.38. The molecule has 1 amide bonds. The standard InChI is InChI=1S/C17H20N4O4S/c1-25-16-7-6-13(9-19-16)17(22)20-11-15(12-20)21(26(2,23)24)10-14-5-3-4-8-18-14/h3-9,15H,10-12H2,1-2H3. The van der Waals surface area contributed by atoms with Gasteiger partial charge in [-0.2, -0.15) is 4.31 Å². The van der Waals surface area contributed by atoms with Crippen molar-refractivity contribution in [3.05, 3.63) is 54.0 Å². The first-order valence-corrected chi connectivity index (χ1v) is 9.89. The Morgan fingerprint density at radius 1 is 1.27 bits per heavy atom. The van der Waals surface area contributed by atoms with E-state index >= 15 is 0 Å². The minimum absolute atomic E-state index is 0.178. The summed E-state index contributed by atoms with van der Waals surface area (Å²) in [4.78, 5) is 22.3. The fraction of sp³-hybridized carbons (Fsp3) is 0.353. The third-order valence-electron chi connectivity index (χ3n) is 4.22. The number of hydrogen-bond donors (Lipinski definition) is 0. The van der Waals surface area contributed by atoms with Gasteiger partial charge >= 0.3 is 0 Å². The van der Waals surface area contributed by atoms with E-state index in [0.29, 0.717) is 30.2 Å². The lowest BCUT2D eigenvalue weighted by molar-refractivity contribution is 0.0442. The van der Waals surface area contributed by atoms with Gasteiger partial charge in [-0.1, -0.05) is 6.07 Å². The van der Waals surface area contributed by atoms with Gasteiger partial charge in [0.15, 0.2) is 0 Å². The molecule has 0 unspecified atom stereocenters. The summed E-state index contributed by atoms with van der Waals surface area (Å²) in [5, 5.41) is 0. The van der Waals surface area contributed by atoms with E-state index in [2.05, 4.69) is 9.97 Å². The molecule has 0 N–H and O–H groups in total. The normalized spacial score (nSPS) is 15.0. The minimum Gasteiger partial charge on any atom is -0.481 e. The number of carbonyl (C=O) groups is 1. The molecule has 0 aromatic carbocycles. The molecule has 0 spiro atoms. The molecule has 1 saturated heterocycles. The summed E-state index contributed by atoms with van der Waals surface area (Å²) in [6.07, 6.45) is 4.26. The number of carbonyl (C=O) groups excluding carboxylic acids is 1. The smallest absolute Gasteiger partial charge is 0.255 e. The lowest BCUT2D eigenvalue weighted by Crippen LogP contribution is -2.61. The van der Waals surface area contributed by atoms with Crippen molar-refractivity contribution in [3.8, 4) is 5.88 Å². The predicted molar refractivity (Wildman–Crippen MR) is 95.1 cm³/mol. The third kappa shape index (κ3) is 4.00. The summed E-state index contributed by atoms with van der Waals surface area (Å²) >= 11 is 0. The van der Waals surface area contributed by atoms with Crippen LogP contribution in [0, 0.1) is 0 Å². The van der Waals surface area contributed by atoms with Gasteiger partial charge in [0.1, 0.15) is 0 Å². The molecule has 1 aliphatic heterocycles. The molecule has 3 rings (SSSR count). The highest BCUT2D eigenvalue weighted by molar-refractivity contribution is 7.88. The van der Waals surface area contributed by atoms with Gasteiger partial charge in [-0.25, -0.2) is 13.4 Å². The van der Waals surface area contributed by atoms with Crippen molar-refractivity contribution in [1.82, 2.24) is 19.2 Å². The quantitative estimate of drug-likeness (QED) is 0.739. The second-order valence-electron chi connectivity index (χ2n) is 6.08. The molecule has 3 heterocycles. The molecule has 8 nitrogen and oxygen atoms in total. The molecule has 26 heavy (non-hydrogen) atoms. The van der Waals surface area contributed by atoms with E-state index < -0.39 is 10.0 Å². The molecule has 9 heteroatoms. The van der Waals surface area contributed by atoms with E-state index in [-0.39, 0.29) is 18.5 Å². The summed E-state index contributed by atoms with van der Waals surface area (Å²) in [5.74, 6) is 0.254. The summed E-state index contributed by atoms with van der Waals surface area (Å²) in [6.45, 7) is 0.867. The number of aromatic nitrogens is 2. The van der Waals surface area contributed by atoms with E-state index in [1.54, 1.807) is 35.4 Å². The summed E-state index contributed by atoms with van der Waals surface area (Å²) < 4.78 is 30.7. The van der Waals surface area contributed by atoms with Gasteiger partial charge in [-0.3, -0.25) is 9.78 Å². The number of sulfonamides is 1. The van der Waals surface area contributed by atoms with E-state index in [9.17, 15) is 13.2 Å². The first-order chi connectivity index (χ1) is 12.4. The number of ether oxygens (including phenoxy) is 1. The molecule has 0 atom stereocenters. The zero-order valence-electron chi connectivity index (χ0n) is 14.6. The van der Waals surface area contributed by atoms with Crippen LogP contribution in [-0.4, -0.2) is 66.0 Å². The Morgan fingerprint density at radius 2 is 2.04 bits per heavy atom. The molecule has 138 valence electrons. The first-order valence-electron chi connectivity index (χ1n) is 8.04. The maximum Gasteiger partial charge on any atom is 0.255 e. The Balaban J connectivity index is 1.66. The van der Waals surface area contributed by atoms with Gasteiger partial charge in [-0.15, -0.1) is 0 Å². The number of hydrogen-bond acceptors (Lipinski definition) is 6. The first kappa shape index (κ1) is 18.3. The lowest BCUT2D eigenvalue weighted by atomic mass is 10.1. The van der Waals surface area contributed by atoms with Crippen LogP contribution in [0.3, 0.4) is 0 Å². The second-order valence-corrected chi connectivity index (χ2v) is 8.02. The van der Waals surface area contributed by atoms with Crippen molar-refractivity contribution in [3.63, 3.8) is 0 Å². The van der Waals surface area contributed by atoms with Crippen LogP contribution in [0.1, 0.15) is 16.1 Å². The van der Waals surface area contributed by atoms with Gasteiger partial charge in [0, 0.05) is 31.5 Å².